The first kappa shape index (κ1) is 28.7. The summed E-state index contributed by atoms with van der Waals surface area (Å²) in [6, 6.07) is 13.1. The van der Waals surface area contributed by atoms with Crippen LogP contribution in [0.15, 0.2) is 58.1 Å². The number of H-pyrrole nitrogens is 1. The lowest BCUT2D eigenvalue weighted by Gasteiger charge is -2.14. The van der Waals surface area contributed by atoms with Gasteiger partial charge >= 0.3 is 5.69 Å². The van der Waals surface area contributed by atoms with E-state index in [-0.39, 0.29) is 42.3 Å². The predicted molar refractivity (Wildman–Crippen MR) is 150 cm³/mol. The number of aromatic nitrogens is 3. The molecule has 0 fully saturated rings. The number of carbonyl (C=O) groups is 1. The van der Waals surface area contributed by atoms with Gasteiger partial charge in [0.1, 0.15) is 17.0 Å². The molecule has 0 saturated heterocycles. The molecule has 0 radical (unpaired) electrons. The number of amides is 1. The second kappa shape index (κ2) is 12.7. The van der Waals surface area contributed by atoms with Crippen molar-refractivity contribution in [3.8, 4) is 22.8 Å². The number of hydrogen-bond donors (Lipinski definition) is 5. The number of aryl methyl sites for hydroxylation is 1. The summed E-state index contributed by atoms with van der Waals surface area (Å²) in [5.41, 5.74) is 2.51. The number of phenols is 1. The lowest BCUT2D eigenvalue weighted by atomic mass is 10.1. The van der Waals surface area contributed by atoms with Crippen LogP contribution in [0.5, 0.6) is 11.5 Å². The first-order valence-electron chi connectivity index (χ1n) is 13.2. The van der Waals surface area contributed by atoms with Gasteiger partial charge in [0.15, 0.2) is 6.61 Å². The minimum atomic E-state index is -1.02. The molecule has 1 amide bonds. The van der Waals surface area contributed by atoms with Crippen molar-refractivity contribution in [3.05, 3.63) is 80.5 Å². The summed E-state index contributed by atoms with van der Waals surface area (Å²) in [6.07, 6.45) is 0.398. The number of nitrogens with zero attached hydrogens (tertiary/aromatic N) is 2. The molecule has 4 rings (SSSR count). The van der Waals surface area contributed by atoms with E-state index in [2.05, 4.69) is 10.3 Å². The van der Waals surface area contributed by atoms with Crippen LogP contribution in [-0.4, -0.2) is 48.5 Å². The van der Waals surface area contributed by atoms with Crippen molar-refractivity contribution in [2.45, 2.75) is 52.5 Å². The maximum atomic E-state index is 13.0. The molecule has 212 valence electrons. The van der Waals surface area contributed by atoms with Gasteiger partial charge in [0.2, 0.25) is 0 Å². The molecule has 5 N–H and O–H groups in total. The third-order valence-corrected chi connectivity index (χ3v) is 6.59. The monoisotopic (exact) mass is 550 g/mol. The third-order valence-electron chi connectivity index (χ3n) is 6.59. The summed E-state index contributed by atoms with van der Waals surface area (Å²) in [5, 5.41) is 31.8. The van der Waals surface area contributed by atoms with Crippen molar-refractivity contribution >= 4 is 16.9 Å². The Morgan fingerprint density at radius 2 is 1.73 bits per heavy atom. The highest BCUT2D eigenvalue weighted by Gasteiger charge is 2.16. The second-order valence-corrected chi connectivity index (χ2v) is 9.51. The molecular weight excluding hydrogens is 516 g/mol. The predicted octanol–water partition coefficient (Wildman–Crippen LogP) is 2.40. The van der Waals surface area contributed by atoms with Gasteiger partial charge in [-0.25, -0.2) is 4.79 Å². The number of aliphatic hydroxyl groups excluding tert-OH is 2. The van der Waals surface area contributed by atoms with Gasteiger partial charge in [-0.2, -0.15) is 0 Å². The summed E-state index contributed by atoms with van der Waals surface area (Å²) in [5.74, 6) is -0.0505. The summed E-state index contributed by atoms with van der Waals surface area (Å²) >= 11 is 0. The summed E-state index contributed by atoms with van der Waals surface area (Å²) < 4.78 is 8.47. The quantitative estimate of drug-likeness (QED) is 0.181. The number of aromatic amines is 1. The van der Waals surface area contributed by atoms with Crippen LogP contribution >= 0.6 is 0 Å². The lowest BCUT2D eigenvalue weighted by molar-refractivity contribution is -0.123. The Morgan fingerprint density at radius 1 is 1.02 bits per heavy atom. The Balaban J connectivity index is 1.41. The number of rotatable bonds is 12. The number of aliphatic hydroxyl groups is 2. The molecule has 0 aliphatic rings. The summed E-state index contributed by atoms with van der Waals surface area (Å²) in [4.78, 5) is 41.3. The SMILES string of the molecule is CCCn1c(=O)c2[nH]c(-c3ccc(OCC(=O)NCC(O)c4ccc(O)c(CO)c4)cc3)cc2n(CCC)c1=O. The molecule has 0 aliphatic heterocycles. The fraction of sp³-hybridized carbons (Fsp3) is 0.345. The van der Waals surface area contributed by atoms with E-state index in [4.69, 9.17) is 4.74 Å². The van der Waals surface area contributed by atoms with Gasteiger partial charge in [-0.1, -0.05) is 19.9 Å². The highest BCUT2D eigenvalue weighted by Crippen LogP contribution is 2.25. The van der Waals surface area contributed by atoms with E-state index in [9.17, 15) is 29.7 Å². The minimum absolute atomic E-state index is 0.0692. The van der Waals surface area contributed by atoms with Crippen LogP contribution in [0.2, 0.25) is 0 Å². The molecule has 11 nitrogen and oxygen atoms in total. The molecule has 1 unspecified atom stereocenters. The first-order valence-corrected chi connectivity index (χ1v) is 13.2. The normalized spacial score (nSPS) is 12.0. The fourth-order valence-corrected chi connectivity index (χ4v) is 4.50. The maximum Gasteiger partial charge on any atom is 0.331 e. The number of carbonyl (C=O) groups excluding carboxylic acids is 1. The zero-order chi connectivity index (χ0) is 28.8. The molecule has 2 heterocycles. The van der Waals surface area contributed by atoms with Crippen molar-refractivity contribution < 1.29 is 24.9 Å². The fourth-order valence-electron chi connectivity index (χ4n) is 4.50. The van der Waals surface area contributed by atoms with Gasteiger partial charge in [-0.15, -0.1) is 0 Å². The minimum Gasteiger partial charge on any atom is -0.508 e. The lowest BCUT2D eigenvalue weighted by Crippen LogP contribution is -2.39. The average molecular weight is 551 g/mol. The molecule has 0 saturated carbocycles. The van der Waals surface area contributed by atoms with E-state index >= 15 is 0 Å². The molecule has 4 aromatic rings. The third kappa shape index (κ3) is 6.11. The molecule has 11 heteroatoms. The van der Waals surface area contributed by atoms with Crippen LogP contribution < -0.4 is 21.3 Å². The van der Waals surface area contributed by atoms with Gasteiger partial charge in [0.05, 0.1) is 18.2 Å². The largest absolute Gasteiger partial charge is 0.508 e. The van der Waals surface area contributed by atoms with E-state index < -0.39 is 12.0 Å². The van der Waals surface area contributed by atoms with E-state index in [1.807, 2.05) is 13.8 Å². The number of nitrogens with one attached hydrogen (secondary N) is 2. The zero-order valence-corrected chi connectivity index (χ0v) is 22.5. The molecule has 0 bridgehead atoms. The van der Waals surface area contributed by atoms with Crippen LogP contribution in [-0.2, 0) is 24.5 Å². The molecule has 2 aromatic carbocycles. The Hall–Kier alpha value is -4.35. The van der Waals surface area contributed by atoms with Gasteiger partial charge in [-0.05, 0) is 66.4 Å². The molecule has 2 aromatic heterocycles. The van der Waals surface area contributed by atoms with Crippen LogP contribution in [0.4, 0.5) is 0 Å². The smallest absolute Gasteiger partial charge is 0.331 e. The van der Waals surface area contributed by atoms with Crippen molar-refractivity contribution in [1.29, 1.82) is 0 Å². The highest BCUT2D eigenvalue weighted by atomic mass is 16.5. The average Bonchev–Trinajstić information content (AvgIpc) is 3.41. The summed E-state index contributed by atoms with van der Waals surface area (Å²) in [7, 11) is 0. The Kier molecular flexibility index (Phi) is 9.08. The first-order chi connectivity index (χ1) is 19.3. The standard InChI is InChI=1S/C29H34N4O7/c1-3-11-32-23-14-22(31-27(23)28(38)33(12-4-2)29(32)39)18-5-8-21(9-6-18)40-17-26(37)30-15-25(36)19-7-10-24(35)20(13-19)16-34/h5-10,13-14,25,31,34-36H,3-4,11-12,15-17H2,1-2H3,(H,30,37). The van der Waals surface area contributed by atoms with Crippen LogP contribution in [0.25, 0.3) is 22.3 Å². The van der Waals surface area contributed by atoms with Crippen LogP contribution in [0.1, 0.15) is 43.9 Å². The van der Waals surface area contributed by atoms with Crippen LogP contribution in [0, 0.1) is 0 Å². The van der Waals surface area contributed by atoms with E-state index in [0.717, 1.165) is 12.0 Å². The van der Waals surface area contributed by atoms with Crippen molar-refractivity contribution in [1.82, 2.24) is 19.4 Å². The topological polar surface area (TPSA) is 159 Å². The number of hydrogen-bond acceptors (Lipinski definition) is 7. The summed E-state index contributed by atoms with van der Waals surface area (Å²) in [6.45, 7) is 4.04. The van der Waals surface area contributed by atoms with E-state index in [0.29, 0.717) is 47.6 Å². The number of ether oxygens (including phenoxy) is 1. The number of aromatic hydroxyl groups is 1. The molecule has 1 atom stereocenters. The number of fused-ring (bicyclic) bond motifs is 1. The van der Waals surface area contributed by atoms with E-state index in [1.165, 1.54) is 22.8 Å². The Labute approximate surface area is 230 Å². The maximum absolute atomic E-state index is 13.0. The molecular formula is C29H34N4O7. The van der Waals surface area contributed by atoms with E-state index in [1.54, 1.807) is 34.9 Å². The van der Waals surface area contributed by atoms with Gasteiger partial charge in [0, 0.05) is 30.9 Å². The zero-order valence-electron chi connectivity index (χ0n) is 22.5. The molecule has 0 aliphatic carbocycles. The number of benzene rings is 2. The van der Waals surface area contributed by atoms with Gasteiger partial charge in [0.25, 0.3) is 11.5 Å². The Bertz CT molecular complexity index is 1600. The van der Waals surface area contributed by atoms with Gasteiger partial charge in [-0.3, -0.25) is 18.7 Å². The van der Waals surface area contributed by atoms with Crippen molar-refractivity contribution in [2.75, 3.05) is 13.2 Å². The van der Waals surface area contributed by atoms with Crippen molar-refractivity contribution in [2.24, 2.45) is 0 Å². The van der Waals surface area contributed by atoms with Gasteiger partial charge < -0.3 is 30.4 Å². The van der Waals surface area contributed by atoms with Crippen LogP contribution in [0.3, 0.4) is 0 Å². The van der Waals surface area contributed by atoms with Crippen molar-refractivity contribution in [3.63, 3.8) is 0 Å². The molecule has 0 spiro atoms. The highest BCUT2D eigenvalue weighted by molar-refractivity contribution is 5.82. The molecule has 40 heavy (non-hydrogen) atoms. The Morgan fingerprint density at radius 3 is 2.40 bits per heavy atom. The second-order valence-electron chi connectivity index (χ2n) is 9.51.